The van der Waals surface area contributed by atoms with Crippen LogP contribution in [0.25, 0.3) is 0 Å². The van der Waals surface area contributed by atoms with Crippen molar-refractivity contribution in [3.63, 3.8) is 0 Å². The summed E-state index contributed by atoms with van der Waals surface area (Å²) in [5.41, 5.74) is 0. The van der Waals surface area contributed by atoms with E-state index in [-0.39, 0.29) is 5.91 Å². The van der Waals surface area contributed by atoms with Crippen molar-refractivity contribution < 1.29 is 14.1 Å². The van der Waals surface area contributed by atoms with Crippen LogP contribution < -0.4 is 10.6 Å². The molecule has 0 aliphatic rings. The third-order valence-electron chi connectivity index (χ3n) is 1.78. The van der Waals surface area contributed by atoms with Crippen molar-refractivity contribution in [2.24, 2.45) is 0 Å². The average molecular weight is 228 g/mol. The summed E-state index contributed by atoms with van der Waals surface area (Å²) < 4.78 is 9.63. The largest absolute Gasteiger partial charge is 0.383 e. The zero-order valence-electron chi connectivity index (χ0n) is 9.45. The number of carbonyl (C=O) groups excluding carboxylic acids is 1. The normalized spacial score (nSPS) is 10.1. The van der Waals surface area contributed by atoms with Crippen LogP contribution in [0, 0.1) is 6.92 Å². The lowest BCUT2D eigenvalue weighted by Gasteiger charge is -2.04. The Morgan fingerprint density at radius 1 is 1.50 bits per heavy atom. The molecule has 1 heterocycles. The molecule has 0 saturated heterocycles. The standard InChI is InChI=1S/C9H16N4O3/c1-7-12-9(16-13-7)11-4-3-8(14)10-5-6-15-2/h3-6H2,1-2H3,(H,10,14)(H,11,12,13). The molecule has 1 aromatic heterocycles. The number of methoxy groups -OCH3 is 1. The maximum absolute atomic E-state index is 11.2. The highest BCUT2D eigenvalue weighted by Crippen LogP contribution is 2.01. The first kappa shape index (κ1) is 12.4. The third-order valence-corrected chi connectivity index (χ3v) is 1.78. The summed E-state index contributed by atoms with van der Waals surface area (Å²) in [6, 6.07) is 0.335. The molecule has 0 fully saturated rings. The maximum Gasteiger partial charge on any atom is 0.321 e. The number of ether oxygens (including phenoxy) is 1. The SMILES string of the molecule is COCCNC(=O)CCNc1nc(C)no1. The minimum Gasteiger partial charge on any atom is -0.383 e. The number of hydrogen-bond acceptors (Lipinski definition) is 6. The summed E-state index contributed by atoms with van der Waals surface area (Å²) in [5, 5.41) is 9.17. The predicted octanol–water partition coefficient (Wildman–Crippen LogP) is -0.0574. The van der Waals surface area contributed by atoms with Gasteiger partial charge in [-0.2, -0.15) is 4.98 Å². The number of amides is 1. The fraction of sp³-hybridized carbons (Fsp3) is 0.667. The molecule has 0 bridgehead atoms. The molecule has 0 aliphatic carbocycles. The lowest BCUT2D eigenvalue weighted by Crippen LogP contribution is -2.28. The van der Waals surface area contributed by atoms with E-state index in [1.165, 1.54) is 0 Å². The number of aryl methyl sites for hydroxylation is 1. The number of anilines is 1. The van der Waals surface area contributed by atoms with E-state index in [9.17, 15) is 4.79 Å². The van der Waals surface area contributed by atoms with Crippen LogP contribution >= 0.6 is 0 Å². The summed E-state index contributed by atoms with van der Waals surface area (Å²) >= 11 is 0. The van der Waals surface area contributed by atoms with Crippen LogP contribution in [0.2, 0.25) is 0 Å². The Bertz CT molecular complexity index is 326. The molecule has 1 aromatic rings. The first-order valence-electron chi connectivity index (χ1n) is 5.02. The van der Waals surface area contributed by atoms with Crippen LogP contribution in [-0.4, -0.2) is 42.9 Å². The van der Waals surface area contributed by atoms with Crippen LogP contribution in [0.3, 0.4) is 0 Å². The Balaban J connectivity index is 2.08. The molecule has 0 radical (unpaired) electrons. The molecule has 0 aliphatic heterocycles. The van der Waals surface area contributed by atoms with Crippen molar-refractivity contribution in [1.82, 2.24) is 15.5 Å². The van der Waals surface area contributed by atoms with Crippen molar-refractivity contribution in [2.75, 3.05) is 32.1 Å². The molecule has 0 spiro atoms. The number of nitrogens with zero attached hydrogens (tertiary/aromatic N) is 2. The van der Waals surface area contributed by atoms with E-state index in [1.807, 2.05) is 0 Å². The van der Waals surface area contributed by atoms with Gasteiger partial charge in [-0.25, -0.2) is 0 Å². The average Bonchev–Trinajstić information content (AvgIpc) is 2.65. The van der Waals surface area contributed by atoms with E-state index >= 15 is 0 Å². The minimum absolute atomic E-state index is 0.0409. The van der Waals surface area contributed by atoms with Gasteiger partial charge in [-0.3, -0.25) is 4.79 Å². The van der Waals surface area contributed by atoms with E-state index in [0.29, 0.717) is 38.0 Å². The molecular formula is C9H16N4O3. The lowest BCUT2D eigenvalue weighted by molar-refractivity contribution is -0.121. The Kier molecular flexibility index (Phi) is 5.27. The molecule has 0 unspecified atom stereocenters. The van der Waals surface area contributed by atoms with Gasteiger partial charge in [0, 0.05) is 26.6 Å². The predicted molar refractivity (Wildman–Crippen MR) is 57.0 cm³/mol. The van der Waals surface area contributed by atoms with Gasteiger partial charge in [-0.1, -0.05) is 5.16 Å². The summed E-state index contributed by atoms with van der Waals surface area (Å²) in [7, 11) is 1.59. The highest BCUT2D eigenvalue weighted by Gasteiger charge is 2.03. The highest BCUT2D eigenvalue weighted by atomic mass is 16.5. The van der Waals surface area contributed by atoms with Crippen LogP contribution in [0.5, 0.6) is 0 Å². The Morgan fingerprint density at radius 2 is 2.31 bits per heavy atom. The van der Waals surface area contributed by atoms with Gasteiger partial charge >= 0.3 is 6.01 Å². The van der Waals surface area contributed by atoms with Crippen molar-refractivity contribution in [3.05, 3.63) is 5.82 Å². The molecular weight excluding hydrogens is 212 g/mol. The summed E-state index contributed by atoms with van der Waals surface area (Å²) in [4.78, 5) is 15.2. The topological polar surface area (TPSA) is 89.3 Å². The molecule has 0 aromatic carbocycles. The van der Waals surface area contributed by atoms with Crippen LogP contribution in [0.4, 0.5) is 6.01 Å². The van der Waals surface area contributed by atoms with E-state index < -0.39 is 0 Å². The number of hydrogen-bond donors (Lipinski definition) is 2. The van der Waals surface area contributed by atoms with Gasteiger partial charge in [0.2, 0.25) is 5.91 Å². The molecule has 90 valence electrons. The number of carbonyl (C=O) groups is 1. The second kappa shape index (κ2) is 6.78. The van der Waals surface area contributed by atoms with Crippen molar-refractivity contribution >= 4 is 11.9 Å². The Labute approximate surface area is 93.5 Å². The summed E-state index contributed by atoms with van der Waals surface area (Å²) in [6.45, 7) is 3.23. The van der Waals surface area contributed by atoms with Crippen LogP contribution in [-0.2, 0) is 9.53 Å². The van der Waals surface area contributed by atoms with E-state index in [1.54, 1.807) is 14.0 Å². The fourth-order valence-electron chi connectivity index (χ4n) is 1.03. The van der Waals surface area contributed by atoms with Crippen LogP contribution in [0.15, 0.2) is 4.52 Å². The minimum atomic E-state index is -0.0409. The van der Waals surface area contributed by atoms with Gasteiger partial charge in [-0.15, -0.1) is 0 Å². The molecule has 1 amide bonds. The van der Waals surface area contributed by atoms with E-state index in [4.69, 9.17) is 9.26 Å². The first-order chi connectivity index (χ1) is 7.72. The van der Waals surface area contributed by atoms with Gasteiger partial charge in [0.15, 0.2) is 5.82 Å². The Morgan fingerprint density at radius 3 is 2.94 bits per heavy atom. The monoisotopic (exact) mass is 228 g/mol. The molecule has 0 saturated carbocycles. The number of aromatic nitrogens is 2. The quantitative estimate of drug-likeness (QED) is 0.636. The molecule has 0 atom stereocenters. The van der Waals surface area contributed by atoms with E-state index in [0.717, 1.165) is 0 Å². The maximum atomic E-state index is 11.2. The Hall–Kier alpha value is -1.63. The molecule has 7 nitrogen and oxygen atoms in total. The summed E-state index contributed by atoms with van der Waals surface area (Å²) in [5.74, 6) is 0.521. The smallest absolute Gasteiger partial charge is 0.321 e. The highest BCUT2D eigenvalue weighted by molar-refractivity contribution is 5.76. The van der Waals surface area contributed by atoms with Gasteiger partial charge in [0.1, 0.15) is 0 Å². The number of rotatable bonds is 7. The number of nitrogens with one attached hydrogen (secondary N) is 2. The second-order valence-corrected chi connectivity index (χ2v) is 3.17. The van der Waals surface area contributed by atoms with E-state index in [2.05, 4.69) is 20.8 Å². The first-order valence-corrected chi connectivity index (χ1v) is 5.02. The molecule has 2 N–H and O–H groups in total. The van der Waals surface area contributed by atoms with Gasteiger partial charge in [0.25, 0.3) is 0 Å². The van der Waals surface area contributed by atoms with Gasteiger partial charge in [-0.05, 0) is 6.92 Å². The van der Waals surface area contributed by atoms with Crippen molar-refractivity contribution in [1.29, 1.82) is 0 Å². The van der Waals surface area contributed by atoms with Crippen molar-refractivity contribution in [3.8, 4) is 0 Å². The van der Waals surface area contributed by atoms with Gasteiger partial charge in [0.05, 0.1) is 6.61 Å². The van der Waals surface area contributed by atoms with Gasteiger partial charge < -0.3 is 19.9 Å². The third kappa shape index (κ3) is 4.74. The van der Waals surface area contributed by atoms with Crippen LogP contribution in [0.1, 0.15) is 12.2 Å². The zero-order valence-corrected chi connectivity index (χ0v) is 9.45. The fourth-order valence-corrected chi connectivity index (χ4v) is 1.03. The second-order valence-electron chi connectivity index (χ2n) is 3.17. The summed E-state index contributed by atoms with van der Waals surface area (Å²) in [6.07, 6.45) is 0.352. The molecule has 16 heavy (non-hydrogen) atoms. The molecule has 1 rings (SSSR count). The molecule has 7 heteroatoms. The van der Waals surface area contributed by atoms with Crippen molar-refractivity contribution in [2.45, 2.75) is 13.3 Å². The lowest BCUT2D eigenvalue weighted by atomic mass is 10.4. The zero-order chi connectivity index (χ0) is 11.8.